The Bertz CT molecular complexity index is 1100. The Kier molecular flexibility index (Phi) is 5.55. The van der Waals surface area contributed by atoms with Crippen molar-refractivity contribution in [3.63, 3.8) is 0 Å². The van der Waals surface area contributed by atoms with Crippen LogP contribution in [-0.2, 0) is 12.1 Å². The minimum atomic E-state index is -0.609. The number of rotatable bonds is 3. The minimum absolute atomic E-state index is 0.0523. The molecule has 172 valence electrons. The van der Waals surface area contributed by atoms with E-state index in [2.05, 4.69) is 4.90 Å². The predicted molar refractivity (Wildman–Crippen MR) is 121 cm³/mol. The zero-order valence-corrected chi connectivity index (χ0v) is 19.4. The second-order valence-corrected chi connectivity index (χ2v) is 10.0. The number of carbonyl (C=O) groups excluding carboxylic acids is 1. The maximum Gasteiger partial charge on any atom is 0.252 e. The average molecular weight is 463 g/mol. The Balaban J connectivity index is 1.87. The maximum atomic E-state index is 13.7. The lowest BCUT2D eigenvalue weighted by molar-refractivity contribution is -0.0697. The Morgan fingerprint density at radius 3 is 2.59 bits per heavy atom. The number of fused-ring (bicyclic) bond motifs is 2. The van der Waals surface area contributed by atoms with Crippen LogP contribution in [0.5, 0.6) is 0 Å². The van der Waals surface area contributed by atoms with E-state index in [4.69, 9.17) is 27.4 Å². The number of aliphatic hydroxyl groups excluding tert-OH is 1. The zero-order valence-electron chi connectivity index (χ0n) is 18.7. The van der Waals surface area contributed by atoms with Gasteiger partial charge in [0.2, 0.25) is 0 Å². The second-order valence-electron chi connectivity index (χ2n) is 9.61. The summed E-state index contributed by atoms with van der Waals surface area (Å²) in [5, 5.41) is 14.3. The molecule has 0 atom stereocenters. The Hall–Kier alpha value is -2.49. The molecule has 0 unspecified atom stereocenters. The van der Waals surface area contributed by atoms with Crippen molar-refractivity contribution in [2.75, 3.05) is 26.4 Å². The quantitative estimate of drug-likeness (QED) is 0.539. The highest BCUT2D eigenvalue weighted by molar-refractivity contribution is 6.31. The van der Waals surface area contributed by atoms with Gasteiger partial charge >= 0.3 is 0 Å². The molecule has 4 rings (SSSR count). The van der Waals surface area contributed by atoms with E-state index in [1.54, 1.807) is 6.07 Å². The van der Waals surface area contributed by atoms with Crippen molar-refractivity contribution in [1.82, 2.24) is 19.6 Å². The number of carbonyl (C=O) groups is 1. The van der Waals surface area contributed by atoms with Crippen LogP contribution in [0.4, 0.5) is 4.39 Å². The van der Waals surface area contributed by atoms with Gasteiger partial charge in [-0.05, 0) is 45.9 Å². The first kappa shape index (κ1) is 22.7. The number of aliphatic imine (C=N–C) groups is 1. The van der Waals surface area contributed by atoms with Gasteiger partial charge in [-0.3, -0.25) is 19.4 Å². The van der Waals surface area contributed by atoms with Crippen molar-refractivity contribution >= 4 is 23.3 Å². The highest BCUT2D eigenvalue weighted by Gasteiger charge is 2.51. The fraction of sp³-hybridized carbons (Fsp3) is 0.500. The van der Waals surface area contributed by atoms with Gasteiger partial charge in [0.05, 0.1) is 40.9 Å². The van der Waals surface area contributed by atoms with Crippen LogP contribution in [0.1, 0.15) is 43.7 Å². The number of halogens is 2. The monoisotopic (exact) mass is 462 g/mol. The van der Waals surface area contributed by atoms with Gasteiger partial charge in [0, 0.05) is 25.2 Å². The lowest BCUT2D eigenvalue weighted by Crippen LogP contribution is -2.69. The topological polar surface area (TPSA) is 100.0 Å². The van der Waals surface area contributed by atoms with Gasteiger partial charge < -0.3 is 15.7 Å². The number of benzene rings is 1. The molecule has 0 bridgehead atoms. The Labute approximate surface area is 191 Å². The Morgan fingerprint density at radius 1 is 1.34 bits per heavy atom. The van der Waals surface area contributed by atoms with E-state index >= 15 is 0 Å². The smallest absolute Gasteiger partial charge is 0.252 e. The molecule has 1 fully saturated rings. The van der Waals surface area contributed by atoms with Gasteiger partial charge in [-0.1, -0.05) is 11.6 Å². The number of hydrogen-bond donors (Lipinski definition) is 2. The summed E-state index contributed by atoms with van der Waals surface area (Å²) in [5.41, 5.74) is 6.99. The third-order valence-corrected chi connectivity index (χ3v) is 6.18. The molecule has 3 heterocycles. The second kappa shape index (κ2) is 7.83. The van der Waals surface area contributed by atoms with Crippen LogP contribution in [0.3, 0.4) is 0 Å². The maximum absolute atomic E-state index is 13.7. The fourth-order valence-electron chi connectivity index (χ4n) is 4.66. The van der Waals surface area contributed by atoms with E-state index in [0.29, 0.717) is 48.7 Å². The summed E-state index contributed by atoms with van der Waals surface area (Å²) in [6.07, 6.45) is 0. The van der Waals surface area contributed by atoms with Gasteiger partial charge in [-0.2, -0.15) is 5.10 Å². The lowest BCUT2D eigenvalue weighted by Gasteiger charge is -2.54. The van der Waals surface area contributed by atoms with Crippen molar-refractivity contribution in [3.8, 4) is 11.3 Å². The van der Waals surface area contributed by atoms with E-state index < -0.39 is 17.3 Å². The van der Waals surface area contributed by atoms with Gasteiger partial charge in [0.25, 0.3) is 5.91 Å². The van der Waals surface area contributed by atoms with E-state index in [1.165, 1.54) is 12.1 Å². The van der Waals surface area contributed by atoms with Crippen LogP contribution in [0.2, 0.25) is 5.02 Å². The SMILES string of the molecule is CC(=NC(C)(C)C)N1Cc2c(C(N)=O)c(-c3ccc(F)c(Cl)c3)nn2C2(CN(CO)C2)C1. The number of aromatic nitrogens is 2. The van der Waals surface area contributed by atoms with Crippen molar-refractivity contribution in [2.45, 2.75) is 45.3 Å². The predicted octanol–water partition coefficient (Wildman–Crippen LogP) is 2.43. The van der Waals surface area contributed by atoms with Crippen LogP contribution in [-0.4, -0.2) is 68.3 Å². The van der Waals surface area contributed by atoms with Gasteiger partial charge in [-0.25, -0.2) is 4.39 Å². The zero-order chi connectivity index (χ0) is 23.4. The summed E-state index contributed by atoms with van der Waals surface area (Å²) in [6, 6.07) is 4.24. The van der Waals surface area contributed by atoms with Crippen molar-refractivity contribution in [2.24, 2.45) is 10.7 Å². The molecular weight excluding hydrogens is 435 g/mol. The van der Waals surface area contributed by atoms with E-state index in [0.717, 1.165) is 5.84 Å². The molecule has 3 N–H and O–H groups in total. The molecule has 2 aliphatic rings. The highest BCUT2D eigenvalue weighted by Crippen LogP contribution is 2.39. The lowest BCUT2D eigenvalue weighted by atomic mass is 9.87. The summed E-state index contributed by atoms with van der Waals surface area (Å²) in [7, 11) is 0. The largest absolute Gasteiger partial charge is 0.381 e. The van der Waals surface area contributed by atoms with Gasteiger partial charge in [0.1, 0.15) is 17.1 Å². The molecule has 1 aromatic heterocycles. The van der Waals surface area contributed by atoms with Crippen LogP contribution < -0.4 is 5.73 Å². The third-order valence-electron chi connectivity index (χ3n) is 5.89. The molecule has 1 amide bonds. The number of primary amides is 1. The first-order valence-electron chi connectivity index (χ1n) is 10.5. The summed E-state index contributed by atoms with van der Waals surface area (Å²) >= 11 is 6.00. The van der Waals surface area contributed by atoms with E-state index in [1.807, 2.05) is 37.3 Å². The van der Waals surface area contributed by atoms with Crippen LogP contribution in [0, 0.1) is 5.82 Å². The molecule has 0 aliphatic carbocycles. The molecule has 10 heteroatoms. The first-order valence-corrected chi connectivity index (χ1v) is 10.8. The Morgan fingerprint density at radius 2 is 2.03 bits per heavy atom. The average Bonchev–Trinajstić information content (AvgIpc) is 3.06. The molecule has 1 spiro atoms. The van der Waals surface area contributed by atoms with Crippen LogP contribution >= 0.6 is 11.6 Å². The number of aliphatic hydroxyl groups is 1. The number of amides is 1. The first-order chi connectivity index (χ1) is 14.9. The number of likely N-dealkylation sites (tertiary alicyclic amines) is 1. The molecule has 32 heavy (non-hydrogen) atoms. The summed E-state index contributed by atoms with van der Waals surface area (Å²) in [5.74, 6) is -0.301. The molecule has 0 radical (unpaired) electrons. The van der Waals surface area contributed by atoms with Gasteiger partial charge in [0.15, 0.2) is 0 Å². The fourth-order valence-corrected chi connectivity index (χ4v) is 4.84. The molecule has 0 saturated carbocycles. The molecule has 1 saturated heterocycles. The van der Waals surface area contributed by atoms with E-state index in [-0.39, 0.29) is 17.3 Å². The van der Waals surface area contributed by atoms with Gasteiger partial charge in [-0.15, -0.1) is 0 Å². The summed E-state index contributed by atoms with van der Waals surface area (Å²) in [4.78, 5) is 21.4. The number of nitrogens with zero attached hydrogens (tertiary/aromatic N) is 5. The van der Waals surface area contributed by atoms with Crippen molar-refractivity contribution in [1.29, 1.82) is 0 Å². The summed E-state index contributed by atoms with van der Waals surface area (Å²) < 4.78 is 15.6. The minimum Gasteiger partial charge on any atom is -0.381 e. The van der Waals surface area contributed by atoms with Crippen LogP contribution in [0.25, 0.3) is 11.3 Å². The normalized spacial score (nSPS) is 18.6. The molecule has 1 aromatic carbocycles. The summed E-state index contributed by atoms with van der Waals surface area (Å²) in [6.45, 7) is 10.2. The van der Waals surface area contributed by atoms with Crippen LogP contribution in [0.15, 0.2) is 23.2 Å². The molecule has 2 aliphatic heterocycles. The standard InChI is InChI=1S/C22H28ClFN6O2/c1-13(26-21(2,3)4)29-8-17-18(20(25)32)19(14-5-6-16(24)15(23)7-14)27-30(17)22(11-29)9-28(10-22)12-31/h5-7,31H,8-12H2,1-4H3,(H2,25,32). The molecular formula is C22H28ClFN6O2. The molecule has 8 nitrogen and oxygen atoms in total. The van der Waals surface area contributed by atoms with E-state index in [9.17, 15) is 14.3 Å². The van der Waals surface area contributed by atoms with Crippen molar-refractivity contribution < 1.29 is 14.3 Å². The number of amidine groups is 1. The van der Waals surface area contributed by atoms with Crippen molar-refractivity contribution in [3.05, 3.63) is 40.3 Å². The highest BCUT2D eigenvalue weighted by atomic mass is 35.5. The molecule has 2 aromatic rings. The number of nitrogens with two attached hydrogens (primary N) is 1. The number of hydrogen-bond acceptors (Lipinski definition) is 5. The third kappa shape index (κ3) is 3.89.